The summed E-state index contributed by atoms with van der Waals surface area (Å²) in [5.41, 5.74) is 1.13. The molecule has 0 bridgehead atoms. The highest BCUT2D eigenvalue weighted by molar-refractivity contribution is 7.14. The van der Waals surface area contributed by atoms with Gasteiger partial charge < -0.3 is 15.0 Å². The van der Waals surface area contributed by atoms with E-state index in [4.69, 9.17) is 15.3 Å². The highest BCUT2D eigenvalue weighted by Crippen LogP contribution is 2.26. The number of aromatic nitrogens is 2. The molecule has 0 atom stereocenters. The van der Waals surface area contributed by atoms with Crippen LogP contribution in [0.3, 0.4) is 0 Å². The number of aromatic amines is 1. The molecule has 126 valence electrons. The minimum absolute atomic E-state index is 0.00270. The molecule has 0 unspecified atom stereocenters. The van der Waals surface area contributed by atoms with Gasteiger partial charge in [0.15, 0.2) is 10.7 Å². The van der Waals surface area contributed by atoms with Gasteiger partial charge in [-0.3, -0.25) is 4.79 Å². The van der Waals surface area contributed by atoms with E-state index in [-0.39, 0.29) is 17.7 Å². The molecule has 0 aliphatic rings. The van der Waals surface area contributed by atoms with Crippen molar-refractivity contribution >= 4 is 22.4 Å². The molecule has 0 spiro atoms. The number of esters is 1. The summed E-state index contributed by atoms with van der Waals surface area (Å²) in [6, 6.07) is 5.06. The van der Waals surface area contributed by atoms with Crippen LogP contribution in [0.1, 0.15) is 18.2 Å². The number of hydrogen-bond acceptors (Lipinski definition) is 8. The fourth-order valence-electron chi connectivity index (χ4n) is 1.92. The number of nitrogens with one attached hydrogen (secondary N) is 2. The van der Waals surface area contributed by atoms with E-state index in [0.29, 0.717) is 22.1 Å². The summed E-state index contributed by atoms with van der Waals surface area (Å²) >= 11 is 1.25. The minimum Gasteiger partial charge on any atom is -0.462 e. The third-order valence-corrected chi connectivity index (χ3v) is 3.87. The molecule has 0 radical (unpaired) electrons. The molecule has 2 N–H and O–H groups in total. The zero-order valence-corrected chi connectivity index (χ0v) is 14.2. The zero-order valence-electron chi connectivity index (χ0n) is 13.4. The monoisotopic (exact) mass is 355 g/mol. The first kappa shape index (κ1) is 17.9. The second-order valence-corrected chi connectivity index (χ2v) is 5.59. The van der Waals surface area contributed by atoms with Crippen molar-refractivity contribution in [3.63, 3.8) is 0 Å². The number of anilines is 1. The third kappa shape index (κ3) is 4.10. The van der Waals surface area contributed by atoms with E-state index in [2.05, 4.69) is 15.3 Å². The number of hydrogen-bond donors (Lipinski definition) is 2. The number of aryl methyl sites for hydroxylation is 1. The van der Waals surface area contributed by atoms with Crippen molar-refractivity contribution in [1.82, 2.24) is 9.97 Å². The van der Waals surface area contributed by atoms with Crippen LogP contribution in [0.5, 0.6) is 0 Å². The van der Waals surface area contributed by atoms with E-state index in [9.17, 15) is 9.59 Å². The fraction of sp³-hybridized carbons (Fsp3) is 0.188. The number of nitrogens with zero attached hydrogens (tertiary/aromatic N) is 3. The molecule has 2 rings (SSSR count). The number of carbonyl (C=O) groups excluding carboxylic acids is 1. The maximum absolute atomic E-state index is 11.6. The molecule has 0 fully saturated rings. The summed E-state index contributed by atoms with van der Waals surface area (Å²) in [7, 11) is 0. The van der Waals surface area contributed by atoms with Gasteiger partial charge in [0.2, 0.25) is 0 Å². The molecule has 2 aromatic rings. The molecule has 8 nitrogen and oxygen atoms in total. The van der Waals surface area contributed by atoms with E-state index < -0.39 is 11.5 Å². The Bertz CT molecular complexity index is 975. The minimum atomic E-state index is -0.718. The van der Waals surface area contributed by atoms with Gasteiger partial charge in [0, 0.05) is 22.8 Å². The van der Waals surface area contributed by atoms with Crippen molar-refractivity contribution in [3.8, 4) is 23.4 Å². The standard InChI is InChI=1S/C16H13N5O3S/c1-3-24-15(23)11(6-18)7-19-16-21-13(8-25-16)12-4-10(5-17)14(22)20-9(12)2/h4,7-8H,3H2,1-2H3,(H,19,21)(H,20,22)/b11-7-. The fourth-order valence-corrected chi connectivity index (χ4v) is 2.60. The molecular weight excluding hydrogens is 342 g/mol. The molecule has 0 saturated carbocycles. The van der Waals surface area contributed by atoms with Crippen LogP contribution in [-0.4, -0.2) is 22.5 Å². The Kier molecular flexibility index (Phi) is 5.66. The number of thiazole rings is 1. The molecular formula is C16H13N5O3S. The Labute approximate surface area is 147 Å². The summed E-state index contributed by atoms with van der Waals surface area (Å²) in [4.78, 5) is 30.1. The molecule has 0 aromatic carbocycles. The Morgan fingerprint density at radius 2 is 2.28 bits per heavy atom. The largest absolute Gasteiger partial charge is 0.462 e. The normalized spacial score (nSPS) is 10.6. The van der Waals surface area contributed by atoms with E-state index in [1.165, 1.54) is 23.6 Å². The van der Waals surface area contributed by atoms with Gasteiger partial charge in [0.25, 0.3) is 5.56 Å². The lowest BCUT2D eigenvalue weighted by Crippen LogP contribution is -2.12. The van der Waals surface area contributed by atoms with Gasteiger partial charge in [-0.2, -0.15) is 10.5 Å². The highest BCUT2D eigenvalue weighted by atomic mass is 32.1. The summed E-state index contributed by atoms with van der Waals surface area (Å²) in [5.74, 6) is -0.718. The first-order chi connectivity index (χ1) is 12.0. The average Bonchev–Trinajstić information content (AvgIpc) is 3.04. The Morgan fingerprint density at radius 3 is 2.92 bits per heavy atom. The highest BCUT2D eigenvalue weighted by Gasteiger charge is 2.12. The average molecular weight is 355 g/mol. The summed E-state index contributed by atoms with van der Waals surface area (Å²) in [6.45, 7) is 3.53. The van der Waals surface area contributed by atoms with Crippen molar-refractivity contribution in [2.75, 3.05) is 11.9 Å². The molecule has 2 aromatic heterocycles. The number of pyridine rings is 1. The smallest absolute Gasteiger partial charge is 0.350 e. The molecule has 0 amide bonds. The number of carbonyl (C=O) groups is 1. The summed E-state index contributed by atoms with van der Waals surface area (Å²) in [6.07, 6.45) is 1.22. The van der Waals surface area contributed by atoms with Crippen molar-refractivity contribution in [2.45, 2.75) is 13.8 Å². The van der Waals surface area contributed by atoms with Crippen LogP contribution < -0.4 is 10.9 Å². The second kappa shape index (κ2) is 7.90. The van der Waals surface area contributed by atoms with Crippen LogP contribution >= 0.6 is 11.3 Å². The predicted octanol–water partition coefficient (Wildman–Crippen LogP) is 2.06. The SMILES string of the molecule is CCOC(=O)/C(C#N)=C\Nc1nc(-c2cc(C#N)c(=O)[nH]c2C)cs1. The molecule has 0 aliphatic carbocycles. The van der Waals surface area contributed by atoms with E-state index in [1.54, 1.807) is 25.3 Å². The first-order valence-electron chi connectivity index (χ1n) is 7.14. The van der Waals surface area contributed by atoms with Gasteiger partial charge >= 0.3 is 5.97 Å². The lowest BCUT2D eigenvalue weighted by molar-refractivity contribution is -0.138. The third-order valence-electron chi connectivity index (χ3n) is 3.09. The number of H-pyrrole nitrogens is 1. The molecule has 0 saturated heterocycles. The van der Waals surface area contributed by atoms with Crippen molar-refractivity contribution in [2.24, 2.45) is 0 Å². The molecule has 0 aliphatic heterocycles. The number of nitriles is 2. The Balaban J connectivity index is 2.27. The zero-order chi connectivity index (χ0) is 18.4. The Hall–Kier alpha value is -3.43. The second-order valence-electron chi connectivity index (χ2n) is 4.74. The van der Waals surface area contributed by atoms with E-state index >= 15 is 0 Å². The maximum Gasteiger partial charge on any atom is 0.350 e. The van der Waals surface area contributed by atoms with Gasteiger partial charge in [0.1, 0.15) is 17.7 Å². The summed E-state index contributed by atoms with van der Waals surface area (Å²) < 4.78 is 4.76. The maximum atomic E-state index is 11.6. The van der Waals surface area contributed by atoms with E-state index in [0.717, 1.165) is 0 Å². The number of ether oxygens (including phenoxy) is 1. The van der Waals surface area contributed by atoms with Gasteiger partial charge in [-0.05, 0) is 19.9 Å². The lowest BCUT2D eigenvalue weighted by Gasteiger charge is -2.02. The molecule has 2 heterocycles. The topological polar surface area (TPSA) is 132 Å². The number of rotatable bonds is 5. The van der Waals surface area contributed by atoms with Crippen LogP contribution in [0.15, 0.2) is 28.0 Å². The summed E-state index contributed by atoms with van der Waals surface area (Å²) in [5, 5.41) is 22.9. The van der Waals surface area contributed by atoms with E-state index in [1.807, 2.05) is 6.07 Å². The van der Waals surface area contributed by atoms with Crippen molar-refractivity contribution in [1.29, 1.82) is 10.5 Å². The lowest BCUT2D eigenvalue weighted by atomic mass is 10.1. The first-order valence-corrected chi connectivity index (χ1v) is 8.02. The quantitative estimate of drug-likeness (QED) is 0.476. The van der Waals surface area contributed by atoms with Gasteiger partial charge in [-0.15, -0.1) is 11.3 Å². The van der Waals surface area contributed by atoms with Gasteiger partial charge in [0.05, 0.1) is 12.3 Å². The van der Waals surface area contributed by atoms with Crippen LogP contribution in [0, 0.1) is 29.6 Å². The predicted molar refractivity (Wildman–Crippen MR) is 91.6 cm³/mol. The van der Waals surface area contributed by atoms with Gasteiger partial charge in [-0.25, -0.2) is 9.78 Å². The van der Waals surface area contributed by atoms with Crippen LogP contribution in [0.4, 0.5) is 5.13 Å². The molecule has 25 heavy (non-hydrogen) atoms. The molecule has 9 heteroatoms. The van der Waals surface area contributed by atoms with Crippen molar-refractivity contribution in [3.05, 3.63) is 44.8 Å². The van der Waals surface area contributed by atoms with Crippen LogP contribution in [0.25, 0.3) is 11.3 Å². The Morgan fingerprint density at radius 1 is 1.52 bits per heavy atom. The van der Waals surface area contributed by atoms with Crippen LogP contribution in [0.2, 0.25) is 0 Å². The van der Waals surface area contributed by atoms with Crippen LogP contribution in [-0.2, 0) is 9.53 Å². The van der Waals surface area contributed by atoms with Gasteiger partial charge in [-0.1, -0.05) is 0 Å². The van der Waals surface area contributed by atoms with Crippen molar-refractivity contribution < 1.29 is 9.53 Å².